The molecule has 1 rings (SSSR count). The summed E-state index contributed by atoms with van der Waals surface area (Å²) in [5.74, 6) is 0. The van der Waals surface area contributed by atoms with Gasteiger partial charge in [0.05, 0.1) is 13.2 Å². The molecule has 0 spiro atoms. The molecule has 0 amide bonds. The Balaban J connectivity index is 2.84. The third-order valence-electron chi connectivity index (χ3n) is 3.54. The second-order valence-electron chi connectivity index (χ2n) is 4.95. The number of para-hydroxylation sites is 1. The largest absolute Gasteiger partial charge is 0.380 e. The zero-order chi connectivity index (χ0) is 15.5. The van der Waals surface area contributed by atoms with Gasteiger partial charge in [0.15, 0.2) is 0 Å². The maximum atomic E-state index is 6.25. The summed E-state index contributed by atoms with van der Waals surface area (Å²) in [6.07, 6.45) is 0.932. The van der Waals surface area contributed by atoms with E-state index in [0.29, 0.717) is 0 Å². The summed E-state index contributed by atoms with van der Waals surface area (Å²) in [4.78, 5) is 2.32. The molecular formula is C17H30N2O2. The van der Waals surface area contributed by atoms with Gasteiger partial charge in [-0.25, -0.2) is 0 Å². The van der Waals surface area contributed by atoms with E-state index in [2.05, 4.69) is 36.1 Å². The van der Waals surface area contributed by atoms with Crippen molar-refractivity contribution >= 4 is 5.69 Å². The number of anilines is 1. The first kappa shape index (κ1) is 18.0. The molecule has 0 radical (unpaired) electrons. The summed E-state index contributed by atoms with van der Waals surface area (Å²) >= 11 is 0. The lowest BCUT2D eigenvalue weighted by Gasteiger charge is -2.28. The molecule has 2 N–H and O–H groups in total. The van der Waals surface area contributed by atoms with Crippen molar-refractivity contribution in [3.63, 3.8) is 0 Å². The molecule has 0 aromatic heterocycles. The van der Waals surface area contributed by atoms with Crippen LogP contribution in [0.1, 0.15) is 38.8 Å². The van der Waals surface area contributed by atoms with E-state index in [-0.39, 0.29) is 6.04 Å². The zero-order valence-electron chi connectivity index (χ0n) is 13.7. The third-order valence-corrected chi connectivity index (χ3v) is 3.54. The Hall–Kier alpha value is -1.10. The van der Waals surface area contributed by atoms with Crippen molar-refractivity contribution < 1.29 is 9.47 Å². The van der Waals surface area contributed by atoms with Crippen LogP contribution in [-0.2, 0) is 9.47 Å². The van der Waals surface area contributed by atoms with E-state index in [0.717, 1.165) is 45.9 Å². The standard InChI is InChI=1S/C17H30N2O2/c1-4-16(18)15-9-7-8-10-17(15)19(11-13-20-5-2)12-14-21-6-3/h7-10,16H,4-6,11-14,18H2,1-3H3/t16-/m1/s1. The summed E-state index contributed by atoms with van der Waals surface area (Å²) < 4.78 is 11.0. The Bertz CT molecular complexity index is 375. The molecule has 0 saturated carbocycles. The average molecular weight is 294 g/mol. The lowest BCUT2D eigenvalue weighted by atomic mass is 10.0. The Kier molecular flexibility index (Phi) is 9.06. The van der Waals surface area contributed by atoms with Crippen molar-refractivity contribution in [1.82, 2.24) is 0 Å². The molecule has 4 heteroatoms. The molecule has 1 aromatic carbocycles. The fourth-order valence-corrected chi connectivity index (χ4v) is 2.30. The second kappa shape index (κ2) is 10.6. The number of rotatable bonds is 11. The van der Waals surface area contributed by atoms with Gasteiger partial charge in [0, 0.05) is 38.0 Å². The summed E-state index contributed by atoms with van der Waals surface area (Å²) in [6.45, 7) is 10.8. The average Bonchev–Trinajstić information content (AvgIpc) is 2.53. The minimum atomic E-state index is 0.0721. The number of benzene rings is 1. The van der Waals surface area contributed by atoms with Gasteiger partial charge in [0.25, 0.3) is 0 Å². The Morgan fingerprint density at radius 3 is 2.10 bits per heavy atom. The van der Waals surface area contributed by atoms with Gasteiger partial charge in [-0.3, -0.25) is 0 Å². The van der Waals surface area contributed by atoms with Crippen LogP contribution in [0.3, 0.4) is 0 Å². The van der Waals surface area contributed by atoms with E-state index in [9.17, 15) is 0 Å². The highest BCUT2D eigenvalue weighted by Crippen LogP contribution is 2.26. The fraction of sp³-hybridized carbons (Fsp3) is 0.647. The van der Waals surface area contributed by atoms with Crippen LogP contribution in [0.4, 0.5) is 5.69 Å². The van der Waals surface area contributed by atoms with Gasteiger partial charge in [-0.1, -0.05) is 25.1 Å². The summed E-state index contributed by atoms with van der Waals surface area (Å²) in [5, 5.41) is 0. The van der Waals surface area contributed by atoms with Crippen molar-refractivity contribution in [2.45, 2.75) is 33.2 Å². The minimum absolute atomic E-state index is 0.0721. The van der Waals surface area contributed by atoms with E-state index >= 15 is 0 Å². The van der Waals surface area contributed by atoms with Crippen LogP contribution < -0.4 is 10.6 Å². The summed E-state index contributed by atoms with van der Waals surface area (Å²) in [7, 11) is 0. The highest BCUT2D eigenvalue weighted by Gasteiger charge is 2.14. The van der Waals surface area contributed by atoms with Gasteiger partial charge in [-0.2, -0.15) is 0 Å². The lowest BCUT2D eigenvalue weighted by Crippen LogP contribution is -2.32. The molecule has 4 nitrogen and oxygen atoms in total. The van der Waals surface area contributed by atoms with E-state index in [4.69, 9.17) is 15.2 Å². The minimum Gasteiger partial charge on any atom is -0.380 e. The summed E-state index contributed by atoms with van der Waals surface area (Å²) in [5.41, 5.74) is 8.66. The van der Waals surface area contributed by atoms with Crippen LogP contribution >= 0.6 is 0 Å². The van der Waals surface area contributed by atoms with Crippen LogP contribution in [0, 0.1) is 0 Å². The summed E-state index contributed by atoms with van der Waals surface area (Å²) in [6, 6.07) is 8.45. The Labute approximate surface area is 129 Å². The van der Waals surface area contributed by atoms with Gasteiger partial charge in [-0.15, -0.1) is 0 Å². The molecule has 1 aromatic rings. The predicted molar refractivity (Wildman–Crippen MR) is 88.9 cm³/mol. The molecular weight excluding hydrogens is 264 g/mol. The van der Waals surface area contributed by atoms with Crippen molar-refractivity contribution in [1.29, 1.82) is 0 Å². The first-order valence-electron chi connectivity index (χ1n) is 7.99. The van der Waals surface area contributed by atoms with Crippen LogP contribution in [0.5, 0.6) is 0 Å². The number of hydrogen-bond donors (Lipinski definition) is 1. The van der Waals surface area contributed by atoms with Crippen LogP contribution in [-0.4, -0.2) is 39.5 Å². The van der Waals surface area contributed by atoms with Gasteiger partial charge in [-0.05, 0) is 31.9 Å². The number of hydrogen-bond acceptors (Lipinski definition) is 4. The van der Waals surface area contributed by atoms with Gasteiger partial charge >= 0.3 is 0 Å². The van der Waals surface area contributed by atoms with Crippen LogP contribution in [0.15, 0.2) is 24.3 Å². The number of ether oxygens (including phenoxy) is 2. The predicted octanol–water partition coefficient (Wildman–Crippen LogP) is 2.98. The maximum Gasteiger partial charge on any atom is 0.0641 e. The molecule has 0 unspecified atom stereocenters. The van der Waals surface area contributed by atoms with Gasteiger partial charge in [0.2, 0.25) is 0 Å². The number of nitrogens with two attached hydrogens (primary N) is 1. The monoisotopic (exact) mass is 294 g/mol. The molecule has 21 heavy (non-hydrogen) atoms. The van der Waals surface area contributed by atoms with E-state index in [1.165, 1.54) is 11.3 Å². The van der Waals surface area contributed by atoms with E-state index in [1.807, 2.05) is 13.8 Å². The zero-order valence-corrected chi connectivity index (χ0v) is 13.7. The van der Waals surface area contributed by atoms with E-state index < -0.39 is 0 Å². The third kappa shape index (κ3) is 6.04. The van der Waals surface area contributed by atoms with Crippen molar-refractivity contribution in [2.24, 2.45) is 5.73 Å². The first-order valence-corrected chi connectivity index (χ1v) is 7.99. The molecule has 0 aliphatic carbocycles. The normalized spacial score (nSPS) is 12.4. The smallest absolute Gasteiger partial charge is 0.0641 e. The van der Waals surface area contributed by atoms with Crippen molar-refractivity contribution in [2.75, 3.05) is 44.4 Å². The second-order valence-corrected chi connectivity index (χ2v) is 4.95. The molecule has 0 aliphatic rings. The molecule has 0 heterocycles. The van der Waals surface area contributed by atoms with Crippen LogP contribution in [0.2, 0.25) is 0 Å². The molecule has 1 atom stereocenters. The van der Waals surface area contributed by atoms with Crippen molar-refractivity contribution in [3.8, 4) is 0 Å². The highest BCUT2D eigenvalue weighted by molar-refractivity contribution is 5.55. The van der Waals surface area contributed by atoms with Gasteiger partial charge < -0.3 is 20.1 Å². The Morgan fingerprint density at radius 1 is 1.00 bits per heavy atom. The topological polar surface area (TPSA) is 47.7 Å². The molecule has 0 saturated heterocycles. The maximum absolute atomic E-state index is 6.25. The quantitative estimate of drug-likeness (QED) is 0.637. The molecule has 0 bridgehead atoms. The van der Waals surface area contributed by atoms with E-state index in [1.54, 1.807) is 0 Å². The Morgan fingerprint density at radius 2 is 1.57 bits per heavy atom. The van der Waals surface area contributed by atoms with Gasteiger partial charge in [0.1, 0.15) is 0 Å². The molecule has 120 valence electrons. The lowest BCUT2D eigenvalue weighted by molar-refractivity contribution is 0.141. The molecule has 0 fully saturated rings. The first-order chi connectivity index (χ1) is 10.2. The number of nitrogens with zero attached hydrogens (tertiary/aromatic N) is 1. The fourth-order valence-electron chi connectivity index (χ4n) is 2.30. The SMILES string of the molecule is CCOCCN(CCOCC)c1ccccc1[C@H](N)CC. The highest BCUT2D eigenvalue weighted by atomic mass is 16.5. The van der Waals surface area contributed by atoms with Crippen LogP contribution in [0.25, 0.3) is 0 Å². The molecule has 0 aliphatic heterocycles. The van der Waals surface area contributed by atoms with Crippen molar-refractivity contribution in [3.05, 3.63) is 29.8 Å².